The lowest BCUT2D eigenvalue weighted by Crippen LogP contribution is -2.24. The first-order valence-corrected chi connectivity index (χ1v) is 9.03. The van der Waals surface area contributed by atoms with E-state index in [-0.39, 0.29) is 0 Å². The van der Waals surface area contributed by atoms with Crippen molar-refractivity contribution in [3.05, 3.63) is 48.5 Å². The smallest absolute Gasteiger partial charge is 0.0493 e. The monoisotopic (exact) mass is 307 g/mol. The van der Waals surface area contributed by atoms with Crippen molar-refractivity contribution in [1.29, 1.82) is 0 Å². The maximum atomic E-state index is 2.56. The van der Waals surface area contributed by atoms with Crippen LogP contribution in [0.3, 0.4) is 0 Å². The lowest BCUT2D eigenvalue weighted by molar-refractivity contribution is 0.215. The maximum absolute atomic E-state index is 2.56. The van der Waals surface area contributed by atoms with Gasteiger partial charge >= 0.3 is 0 Å². The Bertz CT molecular complexity index is 745. The van der Waals surface area contributed by atoms with E-state index in [4.69, 9.17) is 0 Å². The molecular weight excluding hydrogens is 278 g/mol. The molecule has 1 nitrogen and oxygen atoms in total. The topological polar surface area (TPSA) is 4.93 Å². The molecule has 1 unspecified atom stereocenters. The second kappa shape index (κ2) is 6.39. The molecule has 0 spiro atoms. The molecule has 2 aromatic carbocycles. The van der Waals surface area contributed by atoms with Crippen LogP contribution in [-0.2, 0) is 0 Å². The van der Waals surface area contributed by atoms with Crippen molar-refractivity contribution < 1.29 is 0 Å². The van der Waals surface area contributed by atoms with E-state index < -0.39 is 0 Å². The number of nitrogens with zero attached hydrogens (tertiary/aromatic N) is 1. The molecule has 0 amide bonds. The van der Waals surface area contributed by atoms with Gasteiger partial charge in [-0.1, -0.05) is 70.5 Å². The van der Waals surface area contributed by atoms with Crippen LogP contribution in [0.5, 0.6) is 0 Å². The normalized spacial score (nSPS) is 17.3. The zero-order valence-electron chi connectivity index (χ0n) is 15.1. The minimum atomic E-state index is 0.490. The maximum Gasteiger partial charge on any atom is 0.0493 e. The summed E-state index contributed by atoms with van der Waals surface area (Å²) in [4.78, 5) is 0. The molecule has 0 N–H and O–H groups in total. The number of hydrogen-bond acceptors (Lipinski definition) is 0. The molecule has 0 saturated carbocycles. The molecule has 1 heteroatoms. The first-order valence-electron chi connectivity index (χ1n) is 9.03. The Kier molecular flexibility index (Phi) is 4.48. The van der Waals surface area contributed by atoms with Crippen LogP contribution in [0, 0.1) is 17.8 Å². The molecule has 23 heavy (non-hydrogen) atoms. The minimum absolute atomic E-state index is 0.490. The van der Waals surface area contributed by atoms with Crippen molar-refractivity contribution in [3.63, 3.8) is 0 Å². The zero-order valence-corrected chi connectivity index (χ0v) is 15.1. The average molecular weight is 307 g/mol. The fourth-order valence-corrected chi connectivity index (χ4v) is 3.96. The molecule has 0 saturated heterocycles. The van der Waals surface area contributed by atoms with E-state index >= 15 is 0 Å². The van der Waals surface area contributed by atoms with Gasteiger partial charge in [0.1, 0.15) is 0 Å². The summed E-state index contributed by atoms with van der Waals surface area (Å²) in [5.41, 5.74) is 2.73. The Hall–Kier alpha value is -1.76. The van der Waals surface area contributed by atoms with Crippen molar-refractivity contribution in [2.24, 2.45) is 17.8 Å². The van der Waals surface area contributed by atoms with E-state index in [9.17, 15) is 0 Å². The van der Waals surface area contributed by atoms with Crippen LogP contribution in [-0.4, -0.2) is 4.57 Å². The predicted octanol–water partition coefficient (Wildman–Crippen LogP) is 6.67. The average Bonchev–Trinajstić information content (AvgIpc) is 2.93. The van der Waals surface area contributed by atoms with Crippen LogP contribution < -0.4 is 0 Å². The van der Waals surface area contributed by atoms with E-state index in [1.165, 1.54) is 28.2 Å². The first kappa shape index (κ1) is 16.1. The van der Waals surface area contributed by atoms with Gasteiger partial charge in [-0.2, -0.15) is 0 Å². The Morgan fingerprint density at radius 1 is 0.739 bits per heavy atom. The van der Waals surface area contributed by atoms with Gasteiger partial charge in [0, 0.05) is 27.8 Å². The molecule has 0 aliphatic rings. The standard InChI is InChI=1S/C22H29N/c1-6-15(2)16(3)17(4)18(5)23-21-13-9-7-11-19(21)20-12-8-10-14-22(20)23/h7-18H,6H2,1-5H3/t15?,16-,17+,18-/m0/s1. The number of benzene rings is 2. The first-order chi connectivity index (χ1) is 11.1. The van der Waals surface area contributed by atoms with E-state index in [1.807, 2.05) is 0 Å². The Labute approximate surface area is 140 Å². The molecule has 4 atom stereocenters. The fourth-order valence-electron chi connectivity index (χ4n) is 3.96. The van der Waals surface area contributed by atoms with Crippen LogP contribution in [0.2, 0.25) is 0 Å². The van der Waals surface area contributed by atoms with E-state index in [0.717, 1.165) is 11.8 Å². The number of aromatic nitrogens is 1. The largest absolute Gasteiger partial charge is 0.337 e. The molecule has 0 aliphatic heterocycles. The molecule has 1 heterocycles. The highest BCUT2D eigenvalue weighted by atomic mass is 15.0. The van der Waals surface area contributed by atoms with Gasteiger partial charge in [0.05, 0.1) is 0 Å². The SMILES string of the molecule is CCC(C)[C@H](C)[C@@H](C)[C@H](C)n1c2ccccc2c2ccccc21. The van der Waals surface area contributed by atoms with Crippen molar-refractivity contribution >= 4 is 21.8 Å². The van der Waals surface area contributed by atoms with Crippen LogP contribution in [0.25, 0.3) is 21.8 Å². The third kappa shape index (κ3) is 2.67. The van der Waals surface area contributed by atoms with Crippen molar-refractivity contribution in [2.45, 2.75) is 47.1 Å². The Balaban J connectivity index is 2.14. The van der Waals surface area contributed by atoms with Gasteiger partial charge < -0.3 is 4.57 Å². The third-order valence-electron chi connectivity index (χ3n) is 6.16. The predicted molar refractivity (Wildman–Crippen MR) is 102 cm³/mol. The Morgan fingerprint density at radius 3 is 1.70 bits per heavy atom. The molecule has 1 aromatic heterocycles. The van der Waals surface area contributed by atoms with Crippen LogP contribution in [0.4, 0.5) is 0 Å². The summed E-state index contributed by atoms with van der Waals surface area (Å²) in [6.45, 7) is 11.9. The number of fused-ring (bicyclic) bond motifs is 3. The van der Waals surface area contributed by atoms with E-state index in [1.54, 1.807) is 0 Å². The zero-order chi connectivity index (χ0) is 16.6. The van der Waals surface area contributed by atoms with Gasteiger partial charge in [0.15, 0.2) is 0 Å². The third-order valence-corrected chi connectivity index (χ3v) is 6.16. The molecule has 3 aromatic rings. The number of rotatable bonds is 5. The van der Waals surface area contributed by atoms with Crippen molar-refractivity contribution in [3.8, 4) is 0 Å². The highest BCUT2D eigenvalue weighted by Gasteiger charge is 2.26. The van der Waals surface area contributed by atoms with E-state index in [2.05, 4.69) is 87.7 Å². The van der Waals surface area contributed by atoms with Crippen LogP contribution >= 0.6 is 0 Å². The summed E-state index contributed by atoms with van der Waals surface area (Å²) in [7, 11) is 0. The summed E-state index contributed by atoms with van der Waals surface area (Å²) >= 11 is 0. The van der Waals surface area contributed by atoms with Gasteiger partial charge in [0.25, 0.3) is 0 Å². The highest BCUT2D eigenvalue weighted by molar-refractivity contribution is 6.08. The second-order valence-electron chi connectivity index (χ2n) is 7.25. The van der Waals surface area contributed by atoms with Gasteiger partial charge in [0.2, 0.25) is 0 Å². The fraction of sp³-hybridized carbons (Fsp3) is 0.455. The van der Waals surface area contributed by atoms with Crippen LogP contribution in [0.1, 0.15) is 47.1 Å². The summed E-state index contributed by atoms with van der Waals surface area (Å²) in [5.74, 6) is 2.12. The van der Waals surface area contributed by atoms with Crippen molar-refractivity contribution in [2.75, 3.05) is 0 Å². The second-order valence-corrected chi connectivity index (χ2v) is 7.25. The molecule has 3 rings (SSSR count). The summed E-state index contributed by atoms with van der Waals surface area (Å²) < 4.78 is 2.56. The molecule has 0 bridgehead atoms. The summed E-state index contributed by atoms with van der Waals surface area (Å²) in [5, 5.41) is 2.75. The van der Waals surface area contributed by atoms with Gasteiger partial charge in [-0.25, -0.2) is 0 Å². The van der Waals surface area contributed by atoms with Gasteiger partial charge in [-0.05, 0) is 36.8 Å². The molecule has 0 aliphatic carbocycles. The summed E-state index contributed by atoms with van der Waals surface area (Å²) in [6, 6.07) is 18.2. The van der Waals surface area contributed by atoms with Crippen LogP contribution in [0.15, 0.2) is 48.5 Å². The number of para-hydroxylation sites is 2. The van der Waals surface area contributed by atoms with Gasteiger partial charge in [-0.15, -0.1) is 0 Å². The van der Waals surface area contributed by atoms with Gasteiger partial charge in [-0.3, -0.25) is 0 Å². The molecule has 0 fully saturated rings. The lowest BCUT2D eigenvalue weighted by Gasteiger charge is -2.32. The highest BCUT2D eigenvalue weighted by Crippen LogP contribution is 2.37. The Morgan fingerprint density at radius 2 is 1.22 bits per heavy atom. The minimum Gasteiger partial charge on any atom is -0.337 e. The van der Waals surface area contributed by atoms with E-state index in [0.29, 0.717) is 12.0 Å². The van der Waals surface area contributed by atoms with Crippen molar-refractivity contribution in [1.82, 2.24) is 4.57 Å². The molecule has 122 valence electrons. The molecule has 0 radical (unpaired) electrons. The molecular formula is C22H29N. The lowest BCUT2D eigenvalue weighted by atomic mass is 9.80. The summed E-state index contributed by atoms with van der Waals surface area (Å²) in [6.07, 6.45) is 1.26. The number of hydrogen-bond donors (Lipinski definition) is 0. The quantitative estimate of drug-likeness (QED) is 0.496.